The van der Waals surface area contributed by atoms with E-state index in [4.69, 9.17) is 11.6 Å². The van der Waals surface area contributed by atoms with E-state index in [-0.39, 0.29) is 11.7 Å². The number of hydrogen-bond acceptors (Lipinski definition) is 5. The van der Waals surface area contributed by atoms with Crippen LogP contribution in [0.4, 0.5) is 5.69 Å². The predicted molar refractivity (Wildman–Crippen MR) is 117 cm³/mol. The molecule has 0 unspecified atom stereocenters. The standard InChI is InChI=1S/C20H21ClN4OS2/c1-3-25-18(12-27-17-9-7-14(2)8-10-17)23-24-20(25)28-13-19(26)22-16-6-4-5-15(21)11-16/h4-11H,3,12-13H2,1-2H3,(H,22,26). The molecule has 0 saturated carbocycles. The van der Waals surface area contributed by atoms with Gasteiger partial charge in [0.1, 0.15) is 5.82 Å². The van der Waals surface area contributed by atoms with E-state index in [0.29, 0.717) is 10.7 Å². The van der Waals surface area contributed by atoms with E-state index in [1.165, 1.54) is 22.2 Å². The summed E-state index contributed by atoms with van der Waals surface area (Å²) in [4.78, 5) is 13.4. The zero-order valence-corrected chi connectivity index (χ0v) is 18.1. The number of benzene rings is 2. The Morgan fingerprint density at radius 3 is 2.64 bits per heavy atom. The quantitative estimate of drug-likeness (QED) is 0.490. The molecule has 0 aliphatic rings. The maximum absolute atomic E-state index is 12.2. The molecule has 0 fully saturated rings. The number of carbonyl (C=O) groups is 1. The maximum Gasteiger partial charge on any atom is 0.234 e. The van der Waals surface area contributed by atoms with Crippen molar-refractivity contribution in [3.05, 3.63) is 64.9 Å². The van der Waals surface area contributed by atoms with Crippen LogP contribution in [-0.2, 0) is 17.1 Å². The number of carbonyl (C=O) groups excluding carboxylic acids is 1. The summed E-state index contributed by atoms with van der Waals surface area (Å²) < 4.78 is 2.05. The van der Waals surface area contributed by atoms with Gasteiger partial charge in [0.05, 0.1) is 11.5 Å². The molecule has 1 amide bonds. The highest BCUT2D eigenvalue weighted by atomic mass is 35.5. The lowest BCUT2D eigenvalue weighted by Gasteiger charge is -2.08. The normalized spacial score (nSPS) is 10.8. The zero-order valence-electron chi connectivity index (χ0n) is 15.7. The summed E-state index contributed by atoms with van der Waals surface area (Å²) >= 11 is 9.06. The molecule has 0 radical (unpaired) electrons. The molecule has 3 rings (SSSR count). The van der Waals surface area contributed by atoms with Gasteiger partial charge in [-0.2, -0.15) is 0 Å². The highest BCUT2D eigenvalue weighted by Crippen LogP contribution is 2.25. The average molecular weight is 433 g/mol. The van der Waals surface area contributed by atoms with Gasteiger partial charge in [-0.3, -0.25) is 4.79 Å². The maximum atomic E-state index is 12.2. The van der Waals surface area contributed by atoms with Crippen molar-refractivity contribution in [1.82, 2.24) is 14.8 Å². The highest BCUT2D eigenvalue weighted by molar-refractivity contribution is 7.99. The molecular formula is C20H21ClN4OS2. The van der Waals surface area contributed by atoms with Gasteiger partial charge in [-0.25, -0.2) is 0 Å². The first kappa shape index (κ1) is 20.8. The van der Waals surface area contributed by atoms with Gasteiger partial charge in [-0.05, 0) is 44.2 Å². The summed E-state index contributed by atoms with van der Waals surface area (Å²) in [5.74, 6) is 1.80. The van der Waals surface area contributed by atoms with E-state index in [1.54, 1.807) is 30.0 Å². The summed E-state index contributed by atoms with van der Waals surface area (Å²) in [5.41, 5.74) is 1.93. The van der Waals surface area contributed by atoms with Gasteiger partial charge in [-0.15, -0.1) is 22.0 Å². The van der Waals surface area contributed by atoms with Crippen LogP contribution < -0.4 is 5.32 Å². The van der Waals surface area contributed by atoms with Crippen molar-refractivity contribution in [2.45, 2.75) is 36.2 Å². The molecule has 2 aromatic carbocycles. The molecule has 0 bridgehead atoms. The molecule has 1 heterocycles. The Labute approximate surface area is 178 Å². The van der Waals surface area contributed by atoms with Crippen LogP contribution in [0.25, 0.3) is 0 Å². The first-order valence-corrected chi connectivity index (χ1v) is 11.2. The minimum absolute atomic E-state index is 0.103. The molecule has 0 aliphatic carbocycles. The largest absolute Gasteiger partial charge is 0.325 e. The van der Waals surface area contributed by atoms with Crippen LogP contribution in [0.15, 0.2) is 58.6 Å². The van der Waals surface area contributed by atoms with Crippen molar-refractivity contribution in [3.63, 3.8) is 0 Å². The highest BCUT2D eigenvalue weighted by Gasteiger charge is 2.13. The lowest BCUT2D eigenvalue weighted by molar-refractivity contribution is -0.113. The Hall–Kier alpha value is -1.96. The van der Waals surface area contributed by atoms with E-state index in [1.807, 2.05) is 6.07 Å². The van der Waals surface area contributed by atoms with Crippen molar-refractivity contribution in [2.24, 2.45) is 0 Å². The molecule has 28 heavy (non-hydrogen) atoms. The summed E-state index contributed by atoms with van der Waals surface area (Å²) in [7, 11) is 0. The summed E-state index contributed by atoms with van der Waals surface area (Å²) in [5, 5.41) is 12.8. The number of rotatable bonds is 8. The summed E-state index contributed by atoms with van der Waals surface area (Å²) in [6.45, 7) is 4.89. The number of thioether (sulfide) groups is 2. The van der Waals surface area contributed by atoms with Gasteiger partial charge in [0, 0.05) is 22.2 Å². The van der Waals surface area contributed by atoms with Crippen molar-refractivity contribution in [1.29, 1.82) is 0 Å². The average Bonchev–Trinajstić information content (AvgIpc) is 3.08. The van der Waals surface area contributed by atoms with E-state index in [9.17, 15) is 4.79 Å². The van der Waals surface area contributed by atoms with E-state index in [2.05, 4.69) is 58.2 Å². The van der Waals surface area contributed by atoms with Crippen molar-refractivity contribution >= 4 is 46.7 Å². The second-order valence-electron chi connectivity index (χ2n) is 6.09. The van der Waals surface area contributed by atoms with Gasteiger partial charge in [0.25, 0.3) is 0 Å². The summed E-state index contributed by atoms with van der Waals surface area (Å²) in [6, 6.07) is 15.5. The van der Waals surface area contributed by atoms with Gasteiger partial charge in [-0.1, -0.05) is 47.1 Å². The molecule has 1 aromatic heterocycles. The Bertz CT molecular complexity index is 944. The lowest BCUT2D eigenvalue weighted by atomic mass is 10.2. The van der Waals surface area contributed by atoms with E-state index < -0.39 is 0 Å². The smallest absolute Gasteiger partial charge is 0.234 e. The zero-order chi connectivity index (χ0) is 19.9. The topological polar surface area (TPSA) is 59.8 Å². The number of nitrogens with one attached hydrogen (secondary N) is 1. The minimum atomic E-state index is -0.103. The molecule has 146 valence electrons. The van der Waals surface area contributed by atoms with Crippen LogP contribution in [0.2, 0.25) is 5.02 Å². The molecule has 0 saturated heterocycles. The molecule has 8 heteroatoms. The Morgan fingerprint density at radius 1 is 1.14 bits per heavy atom. The third-order valence-corrected chi connectivity index (χ3v) is 6.15. The molecule has 0 spiro atoms. The Balaban J connectivity index is 1.57. The first-order chi connectivity index (χ1) is 13.5. The molecule has 1 N–H and O–H groups in total. The Kier molecular flexibility index (Phi) is 7.42. The number of aromatic nitrogens is 3. The molecule has 0 aliphatic heterocycles. The number of hydrogen-bond donors (Lipinski definition) is 1. The van der Waals surface area contributed by atoms with Crippen LogP contribution in [-0.4, -0.2) is 26.4 Å². The van der Waals surface area contributed by atoms with Crippen molar-refractivity contribution in [3.8, 4) is 0 Å². The van der Waals surface area contributed by atoms with Gasteiger partial charge < -0.3 is 9.88 Å². The number of anilines is 1. The van der Waals surface area contributed by atoms with Crippen LogP contribution in [0.3, 0.4) is 0 Å². The Morgan fingerprint density at radius 2 is 1.93 bits per heavy atom. The summed E-state index contributed by atoms with van der Waals surface area (Å²) in [6.07, 6.45) is 0. The van der Waals surface area contributed by atoms with E-state index in [0.717, 1.165) is 23.3 Å². The van der Waals surface area contributed by atoms with Crippen LogP contribution >= 0.6 is 35.1 Å². The van der Waals surface area contributed by atoms with Crippen molar-refractivity contribution < 1.29 is 4.79 Å². The van der Waals surface area contributed by atoms with Gasteiger partial charge in [0.2, 0.25) is 5.91 Å². The minimum Gasteiger partial charge on any atom is -0.325 e. The fourth-order valence-corrected chi connectivity index (χ4v) is 4.38. The third-order valence-electron chi connectivity index (χ3n) is 3.94. The molecule has 3 aromatic rings. The predicted octanol–water partition coefficient (Wildman–Crippen LogP) is 5.28. The second kappa shape index (κ2) is 10.0. The fourth-order valence-electron chi connectivity index (χ4n) is 2.53. The third kappa shape index (κ3) is 5.77. The molecule has 5 nitrogen and oxygen atoms in total. The lowest BCUT2D eigenvalue weighted by Crippen LogP contribution is -2.14. The fraction of sp³-hybridized carbons (Fsp3) is 0.250. The SMILES string of the molecule is CCn1c(CSc2ccc(C)cc2)nnc1SCC(=O)Nc1cccc(Cl)c1. The molecular weight excluding hydrogens is 412 g/mol. The van der Waals surface area contributed by atoms with Gasteiger partial charge >= 0.3 is 0 Å². The monoisotopic (exact) mass is 432 g/mol. The van der Waals surface area contributed by atoms with Gasteiger partial charge in [0.15, 0.2) is 5.16 Å². The van der Waals surface area contributed by atoms with Crippen LogP contribution in [0.1, 0.15) is 18.3 Å². The van der Waals surface area contributed by atoms with Crippen LogP contribution in [0.5, 0.6) is 0 Å². The number of halogens is 1. The van der Waals surface area contributed by atoms with E-state index >= 15 is 0 Å². The number of aryl methyl sites for hydroxylation is 1. The van der Waals surface area contributed by atoms with Crippen LogP contribution in [0, 0.1) is 6.92 Å². The number of nitrogens with zero attached hydrogens (tertiary/aromatic N) is 3. The molecule has 0 atom stereocenters. The number of amides is 1. The van der Waals surface area contributed by atoms with Crippen molar-refractivity contribution in [2.75, 3.05) is 11.1 Å². The second-order valence-corrected chi connectivity index (χ2v) is 8.52. The first-order valence-electron chi connectivity index (χ1n) is 8.85.